The molecule has 98 heavy (non-hydrogen) atoms. The number of phenols is 1. The molecule has 0 unspecified atom stereocenters. The molecule has 0 heterocycles. The molecule has 37 nitrogen and oxygen atoms in total. The fourth-order valence-corrected chi connectivity index (χ4v) is 9.35. The molecule has 0 aliphatic rings. The van der Waals surface area contributed by atoms with E-state index in [0.717, 1.165) is 0 Å². The van der Waals surface area contributed by atoms with E-state index < -0.39 is 217 Å². The van der Waals surface area contributed by atoms with E-state index in [1.54, 1.807) is 41.5 Å². The molecule has 0 saturated carbocycles. The lowest BCUT2D eigenvalue weighted by molar-refractivity contribution is -0.144. The highest BCUT2D eigenvalue weighted by atomic mass is 32.1. The molecule has 12 atom stereocenters. The quantitative estimate of drug-likeness (QED) is 0.0125. The number of nitrogens with zero attached hydrogens (tertiary/aromatic N) is 1. The van der Waals surface area contributed by atoms with Crippen molar-refractivity contribution in [2.45, 2.75) is 190 Å². The summed E-state index contributed by atoms with van der Waals surface area (Å²) in [6, 6.07) is -15.7. The zero-order chi connectivity index (χ0) is 75.1. The molecule has 0 bridgehead atoms. The zero-order valence-corrected chi connectivity index (χ0v) is 57.3. The van der Waals surface area contributed by atoms with Crippen molar-refractivity contribution < 1.29 is 108 Å². The van der Waals surface area contributed by atoms with Crippen molar-refractivity contribution in [1.82, 2.24) is 58.5 Å². The maximum atomic E-state index is 14.2. The van der Waals surface area contributed by atoms with Crippen LogP contribution in [-0.2, 0) is 78.3 Å². The molecular formula is C59H95N15O22S2. The molecule has 0 aliphatic carbocycles. The average Bonchev–Trinajstić information content (AvgIpc) is 0.862. The van der Waals surface area contributed by atoms with Crippen LogP contribution in [0.4, 0.5) is 0 Å². The minimum atomic E-state index is -2.15. The van der Waals surface area contributed by atoms with Gasteiger partial charge >= 0.3 is 23.9 Å². The van der Waals surface area contributed by atoms with Crippen molar-refractivity contribution in [2.75, 3.05) is 25.5 Å². The molecule has 0 saturated heterocycles. The van der Waals surface area contributed by atoms with Gasteiger partial charge in [0.1, 0.15) is 72.2 Å². The minimum absolute atomic E-state index is 0.0331. The summed E-state index contributed by atoms with van der Waals surface area (Å²) >= 11 is 8.19. The van der Waals surface area contributed by atoms with Gasteiger partial charge in [0.05, 0.1) is 38.5 Å². The van der Waals surface area contributed by atoms with Gasteiger partial charge in [-0.05, 0) is 81.4 Å². The first-order valence-corrected chi connectivity index (χ1v) is 32.0. The Morgan fingerprint density at radius 3 is 1.05 bits per heavy atom. The fourth-order valence-electron chi connectivity index (χ4n) is 8.99. The van der Waals surface area contributed by atoms with Crippen LogP contribution in [0.1, 0.15) is 112 Å². The average molecular weight is 1430 g/mol. The van der Waals surface area contributed by atoms with E-state index >= 15 is 0 Å². The third kappa shape index (κ3) is 32.8. The fraction of sp³-hybridized carbons (Fsp3) is 0.627. The monoisotopic (exact) mass is 1430 g/mol. The molecule has 1 rings (SSSR count). The number of thiol groups is 2. The molecule has 0 spiro atoms. The minimum Gasteiger partial charge on any atom is -0.508 e. The smallest absolute Gasteiger partial charge is 0.327 e. The molecule has 550 valence electrons. The topological polar surface area (TPSA) is 620 Å². The second-order valence-electron chi connectivity index (χ2n) is 24.7. The summed E-state index contributed by atoms with van der Waals surface area (Å²) < 4.78 is -1.13. The number of guanidine groups is 1. The number of aliphatic imine (C=N–C) groups is 1. The summed E-state index contributed by atoms with van der Waals surface area (Å²) in [6.45, 7) is 10.3. The Labute approximate surface area is 575 Å². The van der Waals surface area contributed by atoms with Gasteiger partial charge in [0, 0.05) is 23.5 Å². The van der Waals surface area contributed by atoms with E-state index in [9.17, 15) is 108 Å². The van der Waals surface area contributed by atoms with Crippen LogP contribution >= 0.6 is 25.3 Å². The SMILES string of the molecule is CC(C)C[C@H](NC(=O)[C@H](CC(=O)O)NC(=O)[C@H](CC(=O)O)NC(=O)[C@H](CC(C)C)NC(=O)[C@H](CO)NC(=O)[C@H](Cc1ccc(O)cc1)NC(=O)[C@H](CO)NC(=O)[C@H](CC(C)C)NC(=O)[C@H](CC(=O)O)NC(=O)[C@@H](N)C(C)(C)S)C(=O)N[C@@H](CCCN=C(N)N)C(=O)N[C@@H](CS)C(=O)O. The van der Waals surface area contributed by atoms with Crippen molar-refractivity contribution in [3.63, 3.8) is 0 Å². The van der Waals surface area contributed by atoms with Crippen LogP contribution < -0.4 is 75.7 Å². The predicted molar refractivity (Wildman–Crippen MR) is 355 cm³/mol. The third-order valence-corrected chi connectivity index (χ3v) is 14.8. The summed E-state index contributed by atoms with van der Waals surface area (Å²) in [5.74, 6) is -21.5. The van der Waals surface area contributed by atoms with E-state index in [1.165, 1.54) is 38.1 Å². The number of nitrogens with one attached hydrogen (secondary N) is 11. The number of carboxylic acid groups (broad SMARTS) is 4. The van der Waals surface area contributed by atoms with Gasteiger partial charge in [-0.15, -0.1) is 0 Å². The predicted octanol–water partition coefficient (Wildman–Crippen LogP) is -6.08. The molecule has 39 heteroatoms. The Morgan fingerprint density at radius 1 is 0.449 bits per heavy atom. The first-order chi connectivity index (χ1) is 45.5. The third-order valence-electron chi connectivity index (χ3n) is 14.1. The number of aromatic hydroxyl groups is 1. The molecule has 0 aromatic heterocycles. The number of aliphatic carboxylic acids is 4. The number of nitrogens with two attached hydrogens (primary N) is 3. The summed E-state index contributed by atoms with van der Waals surface area (Å²) in [5.41, 5.74) is 17.0. The molecule has 24 N–H and O–H groups in total. The van der Waals surface area contributed by atoms with Gasteiger partial charge in [0.25, 0.3) is 0 Å². The van der Waals surface area contributed by atoms with Crippen molar-refractivity contribution in [3.05, 3.63) is 29.8 Å². The maximum Gasteiger partial charge on any atom is 0.327 e. The van der Waals surface area contributed by atoms with E-state index in [4.69, 9.17) is 17.2 Å². The number of carbonyl (C=O) groups is 15. The molecule has 0 fully saturated rings. The van der Waals surface area contributed by atoms with Crippen LogP contribution in [-0.4, -0.2) is 233 Å². The number of hydrogen-bond donors (Lipinski definition) is 23. The maximum absolute atomic E-state index is 14.2. The lowest BCUT2D eigenvalue weighted by Crippen LogP contribution is -2.62. The van der Waals surface area contributed by atoms with Crippen LogP contribution in [0.15, 0.2) is 29.3 Å². The zero-order valence-electron chi connectivity index (χ0n) is 55.5. The molecule has 0 aliphatic heterocycles. The first-order valence-electron chi connectivity index (χ1n) is 30.9. The van der Waals surface area contributed by atoms with E-state index in [2.05, 4.69) is 88.7 Å². The van der Waals surface area contributed by atoms with E-state index in [1.807, 2.05) is 0 Å². The number of amides is 11. The number of rotatable bonds is 45. The van der Waals surface area contributed by atoms with Gasteiger partial charge < -0.3 is 111 Å². The first kappa shape index (κ1) is 86.9. The summed E-state index contributed by atoms with van der Waals surface area (Å²) in [5, 5.41) is 94.7. The number of carboxylic acids is 4. The van der Waals surface area contributed by atoms with E-state index in [0.29, 0.717) is 0 Å². The highest BCUT2D eigenvalue weighted by Gasteiger charge is 2.39. The van der Waals surface area contributed by atoms with Gasteiger partial charge in [0.15, 0.2) is 5.96 Å². The van der Waals surface area contributed by atoms with Crippen molar-refractivity contribution in [3.8, 4) is 5.75 Å². The van der Waals surface area contributed by atoms with Crippen LogP contribution in [0, 0.1) is 17.8 Å². The Kier molecular flexibility index (Phi) is 37.8. The number of hydrogen-bond acceptors (Lipinski definition) is 22. The van der Waals surface area contributed by atoms with Crippen molar-refractivity contribution in [2.24, 2.45) is 39.9 Å². The van der Waals surface area contributed by atoms with Crippen LogP contribution in [0.3, 0.4) is 0 Å². The van der Waals surface area contributed by atoms with Crippen LogP contribution in [0.5, 0.6) is 5.75 Å². The Balaban J connectivity index is 3.60. The number of aliphatic hydroxyl groups is 2. The number of phenolic OH excluding ortho intramolecular Hbond substituents is 1. The van der Waals surface area contributed by atoms with Gasteiger partial charge in [-0.3, -0.25) is 72.1 Å². The number of benzene rings is 1. The van der Waals surface area contributed by atoms with Crippen molar-refractivity contribution >= 4 is 120 Å². The highest BCUT2D eigenvalue weighted by molar-refractivity contribution is 7.81. The highest BCUT2D eigenvalue weighted by Crippen LogP contribution is 2.18. The Morgan fingerprint density at radius 2 is 0.735 bits per heavy atom. The number of aliphatic hydroxyl groups excluding tert-OH is 2. The summed E-state index contributed by atoms with van der Waals surface area (Å²) in [6.07, 6.45) is -4.58. The molecule has 0 radical (unpaired) electrons. The lowest BCUT2D eigenvalue weighted by Gasteiger charge is -2.29. The Hall–Kier alpha value is -9.08. The van der Waals surface area contributed by atoms with Crippen LogP contribution in [0.25, 0.3) is 0 Å². The summed E-state index contributed by atoms with van der Waals surface area (Å²) in [7, 11) is 0. The summed E-state index contributed by atoms with van der Waals surface area (Å²) in [4.78, 5) is 204. The second kappa shape index (κ2) is 42.6. The van der Waals surface area contributed by atoms with Crippen molar-refractivity contribution in [1.29, 1.82) is 0 Å². The molecule has 1 aromatic carbocycles. The van der Waals surface area contributed by atoms with Gasteiger partial charge in [0.2, 0.25) is 65.0 Å². The van der Waals surface area contributed by atoms with E-state index in [-0.39, 0.29) is 67.6 Å². The largest absolute Gasteiger partial charge is 0.508 e. The van der Waals surface area contributed by atoms with Gasteiger partial charge in [-0.2, -0.15) is 25.3 Å². The number of carbonyl (C=O) groups excluding carboxylic acids is 11. The molecular weight excluding hydrogens is 1330 g/mol. The lowest BCUT2D eigenvalue weighted by atomic mass is 10.0. The molecule has 11 amide bonds. The van der Waals surface area contributed by atoms with Gasteiger partial charge in [-0.1, -0.05) is 53.7 Å². The van der Waals surface area contributed by atoms with Crippen LogP contribution in [0.2, 0.25) is 0 Å². The molecule has 1 aromatic rings. The normalized spacial score (nSPS) is 15.0. The standard InChI is InChI=1S/C59H95N15O22S2/c1-26(2)16-32(47(85)64-31(10-9-15-63-58(61)62)46(84)74-41(25-97)57(95)96)65-51(89)36(20-42(78)79)70-52(90)37(21-43(80)81)69-48(86)33(17-27(3)4)67-54(92)39(23-75)73-50(88)35(19-29-11-13-30(77)14-12-29)68-55(93)40(24-76)72-49(87)34(18-28(5)6)66-53(91)38(22-44(82)83)71-56(94)45(60)59(7,8)98/h11-14,26-28,31-41,45,75-77,97-98H,9-10,15-25,60H2,1-8H3,(H,64,85)(H,65,89)(H,66,91)(H,67,92)(H,68,93)(H,69,86)(H,70,90)(H,71,94)(H,72,87)(H,73,88)(H,74,84)(H,78,79)(H,80,81)(H,82,83)(H,95,96)(H4,61,62,63)/t31-,32-,33-,34-,35-,36-,37-,38-,39-,40-,41-,45+/m0/s1. The Bertz CT molecular complexity index is 2990. The second-order valence-corrected chi connectivity index (χ2v) is 26.2. The van der Waals surface area contributed by atoms with Gasteiger partial charge in [-0.25, -0.2) is 4.79 Å².